The maximum Gasteiger partial charge on any atom is 0.306 e. The number of rotatable bonds is 10. The highest BCUT2D eigenvalue weighted by molar-refractivity contribution is 5.69. The molecule has 0 saturated heterocycles. The highest BCUT2D eigenvalue weighted by Gasteiger charge is 2.18. The summed E-state index contributed by atoms with van der Waals surface area (Å²) in [6.45, 7) is -0.0420. The standard InChI is InChI=1S/C22H30N2O6/c1-26-17-12-16(13-18(27-2)21(17)28-3)22-24-23-19(30-22)14-29-20(25)11-7-10-15-8-5-4-6-9-15/h12-13,15H,4-11,14H2,1-3H3. The molecule has 8 heteroatoms. The summed E-state index contributed by atoms with van der Waals surface area (Å²) >= 11 is 0. The quantitative estimate of drug-likeness (QED) is 0.519. The largest absolute Gasteiger partial charge is 0.493 e. The average Bonchev–Trinajstić information content (AvgIpc) is 3.26. The topological polar surface area (TPSA) is 92.9 Å². The number of hydrogen-bond acceptors (Lipinski definition) is 8. The number of carbonyl (C=O) groups is 1. The van der Waals surface area contributed by atoms with Crippen molar-refractivity contribution in [1.82, 2.24) is 10.2 Å². The summed E-state index contributed by atoms with van der Waals surface area (Å²) in [6, 6.07) is 3.44. The minimum absolute atomic E-state index is 0.0420. The van der Waals surface area contributed by atoms with Crippen LogP contribution in [0.5, 0.6) is 17.2 Å². The Hall–Kier alpha value is -2.77. The molecule has 0 unspecified atom stereocenters. The highest BCUT2D eigenvalue weighted by atomic mass is 16.5. The number of esters is 1. The second kappa shape index (κ2) is 10.8. The van der Waals surface area contributed by atoms with Crippen molar-refractivity contribution >= 4 is 5.97 Å². The molecule has 0 atom stereocenters. The van der Waals surface area contributed by atoms with Crippen LogP contribution in [0.3, 0.4) is 0 Å². The van der Waals surface area contributed by atoms with E-state index in [0.717, 1.165) is 18.8 Å². The first-order chi connectivity index (χ1) is 14.6. The van der Waals surface area contributed by atoms with Gasteiger partial charge in [-0.05, 0) is 30.9 Å². The number of nitrogens with zero attached hydrogens (tertiary/aromatic N) is 2. The summed E-state index contributed by atoms with van der Waals surface area (Å²) in [7, 11) is 4.61. The summed E-state index contributed by atoms with van der Waals surface area (Å²) in [4.78, 5) is 12.0. The molecule has 0 aliphatic heterocycles. The lowest BCUT2D eigenvalue weighted by Gasteiger charge is -2.20. The zero-order valence-electron chi connectivity index (χ0n) is 17.9. The maximum absolute atomic E-state index is 12.0. The molecule has 1 aliphatic rings. The van der Waals surface area contributed by atoms with Gasteiger partial charge in [0.05, 0.1) is 21.3 Å². The number of benzene rings is 1. The number of ether oxygens (including phenoxy) is 4. The Balaban J connectivity index is 1.53. The molecule has 1 saturated carbocycles. The lowest BCUT2D eigenvalue weighted by Crippen LogP contribution is -2.09. The molecule has 0 bridgehead atoms. The molecule has 3 rings (SSSR count). The maximum atomic E-state index is 12.0. The van der Waals surface area contributed by atoms with Crippen LogP contribution < -0.4 is 14.2 Å². The molecule has 1 aromatic heterocycles. The van der Waals surface area contributed by atoms with E-state index in [0.29, 0.717) is 29.2 Å². The van der Waals surface area contributed by atoms with E-state index in [2.05, 4.69) is 10.2 Å². The molecular weight excluding hydrogens is 388 g/mol. The van der Waals surface area contributed by atoms with E-state index in [1.807, 2.05) is 0 Å². The van der Waals surface area contributed by atoms with E-state index in [-0.39, 0.29) is 24.4 Å². The molecule has 0 radical (unpaired) electrons. The summed E-state index contributed by atoms with van der Waals surface area (Å²) in [5, 5.41) is 8.00. The molecule has 164 valence electrons. The zero-order chi connectivity index (χ0) is 21.3. The second-order valence-corrected chi connectivity index (χ2v) is 7.47. The third-order valence-electron chi connectivity index (χ3n) is 5.45. The molecule has 0 spiro atoms. The van der Waals surface area contributed by atoms with Crippen molar-refractivity contribution in [2.24, 2.45) is 5.92 Å². The van der Waals surface area contributed by atoms with Crippen molar-refractivity contribution in [2.45, 2.75) is 58.0 Å². The predicted octanol–water partition coefficient (Wildman–Crippen LogP) is 4.56. The lowest BCUT2D eigenvalue weighted by molar-refractivity contribution is -0.145. The van der Waals surface area contributed by atoms with Crippen LogP contribution in [0, 0.1) is 5.92 Å². The van der Waals surface area contributed by atoms with Gasteiger partial charge in [-0.15, -0.1) is 10.2 Å². The Kier molecular flexibility index (Phi) is 7.93. The number of aromatic nitrogens is 2. The van der Waals surface area contributed by atoms with Crippen molar-refractivity contribution in [3.8, 4) is 28.7 Å². The molecule has 30 heavy (non-hydrogen) atoms. The Morgan fingerprint density at radius 1 is 1.03 bits per heavy atom. The van der Waals surface area contributed by atoms with Gasteiger partial charge < -0.3 is 23.4 Å². The van der Waals surface area contributed by atoms with Gasteiger partial charge >= 0.3 is 5.97 Å². The van der Waals surface area contributed by atoms with Crippen LogP contribution in [0.25, 0.3) is 11.5 Å². The third-order valence-corrected chi connectivity index (χ3v) is 5.45. The van der Waals surface area contributed by atoms with Crippen LogP contribution in [0.15, 0.2) is 16.5 Å². The molecule has 2 aromatic rings. The Morgan fingerprint density at radius 3 is 2.37 bits per heavy atom. The number of carbonyl (C=O) groups excluding carboxylic acids is 1. The van der Waals surface area contributed by atoms with Crippen LogP contribution in [0.4, 0.5) is 0 Å². The average molecular weight is 418 g/mol. The van der Waals surface area contributed by atoms with E-state index in [1.165, 1.54) is 53.4 Å². The molecule has 1 aliphatic carbocycles. The van der Waals surface area contributed by atoms with Gasteiger partial charge in [-0.2, -0.15) is 0 Å². The Labute approximate surface area is 176 Å². The summed E-state index contributed by atoms with van der Waals surface area (Å²) < 4.78 is 26.9. The molecule has 1 aromatic carbocycles. The fourth-order valence-electron chi connectivity index (χ4n) is 3.86. The van der Waals surface area contributed by atoms with Crippen LogP contribution >= 0.6 is 0 Å². The van der Waals surface area contributed by atoms with Crippen molar-refractivity contribution in [1.29, 1.82) is 0 Å². The van der Waals surface area contributed by atoms with E-state index in [4.69, 9.17) is 23.4 Å². The van der Waals surface area contributed by atoms with Crippen LogP contribution in [-0.2, 0) is 16.1 Å². The molecular formula is C22H30N2O6. The lowest BCUT2D eigenvalue weighted by atomic mass is 9.86. The summed E-state index contributed by atoms with van der Waals surface area (Å²) in [5.41, 5.74) is 0.613. The second-order valence-electron chi connectivity index (χ2n) is 7.47. The molecule has 1 heterocycles. The van der Waals surface area contributed by atoms with E-state index in [9.17, 15) is 4.79 Å². The number of hydrogen-bond donors (Lipinski definition) is 0. The van der Waals surface area contributed by atoms with Gasteiger partial charge in [0.25, 0.3) is 5.89 Å². The molecule has 0 N–H and O–H groups in total. The monoisotopic (exact) mass is 418 g/mol. The summed E-state index contributed by atoms with van der Waals surface area (Å²) in [6.07, 6.45) is 8.96. The molecule has 8 nitrogen and oxygen atoms in total. The van der Waals surface area contributed by atoms with Crippen molar-refractivity contribution in [3.05, 3.63) is 18.0 Å². The highest BCUT2D eigenvalue weighted by Crippen LogP contribution is 2.40. The minimum Gasteiger partial charge on any atom is -0.493 e. The van der Waals surface area contributed by atoms with Gasteiger partial charge in [0.15, 0.2) is 18.1 Å². The van der Waals surface area contributed by atoms with Crippen LogP contribution in [0.2, 0.25) is 0 Å². The van der Waals surface area contributed by atoms with Gasteiger partial charge in [0, 0.05) is 12.0 Å². The van der Waals surface area contributed by atoms with E-state index < -0.39 is 0 Å². The summed E-state index contributed by atoms with van der Waals surface area (Å²) in [5.74, 6) is 2.48. The van der Waals surface area contributed by atoms with Crippen molar-refractivity contribution in [2.75, 3.05) is 21.3 Å². The van der Waals surface area contributed by atoms with Crippen molar-refractivity contribution < 1.29 is 28.2 Å². The first-order valence-corrected chi connectivity index (χ1v) is 10.4. The predicted molar refractivity (Wildman–Crippen MR) is 110 cm³/mol. The van der Waals surface area contributed by atoms with Gasteiger partial charge in [0.2, 0.25) is 11.6 Å². The fourth-order valence-corrected chi connectivity index (χ4v) is 3.86. The van der Waals surface area contributed by atoms with Crippen LogP contribution in [-0.4, -0.2) is 37.5 Å². The Bertz CT molecular complexity index is 804. The number of methoxy groups -OCH3 is 3. The van der Waals surface area contributed by atoms with E-state index in [1.54, 1.807) is 12.1 Å². The molecule has 1 fully saturated rings. The Morgan fingerprint density at radius 2 is 1.73 bits per heavy atom. The first kappa shape index (κ1) is 21.9. The van der Waals surface area contributed by atoms with Gasteiger partial charge in [-0.3, -0.25) is 4.79 Å². The third kappa shape index (κ3) is 5.64. The van der Waals surface area contributed by atoms with Gasteiger partial charge in [-0.1, -0.05) is 32.1 Å². The normalized spacial score (nSPS) is 14.4. The molecule has 0 amide bonds. The van der Waals surface area contributed by atoms with Crippen molar-refractivity contribution in [3.63, 3.8) is 0 Å². The SMILES string of the molecule is COc1cc(-c2nnc(COC(=O)CCCC3CCCCC3)o2)cc(OC)c1OC. The van der Waals surface area contributed by atoms with Crippen LogP contribution in [0.1, 0.15) is 57.3 Å². The zero-order valence-corrected chi connectivity index (χ0v) is 17.9. The van der Waals surface area contributed by atoms with Gasteiger partial charge in [0.1, 0.15) is 0 Å². The minimum atomic E-state index is -0.238. The fraction of sp³-hybridized carbons (Fsp3) is 0.591. The smallest absolute Gasteiger partial charge is 0.306 e. The van der Waals surface area contributed by atoms with E-state index >= 15 is 0 Å². The van der Waals surface area contributed by atoms with Gasteiger partial charge in [-0.25, -0.2) is 0 Å². The first-order valence-electron chi connectivity index (χ1n) is 10.4.